The van der Waals surface area contributed by atoms with Crippen LogP contribution in [0.3, 0.4) is 0 Å². The molecule has 1 aromatic heterocycles. The van der Waals surface area contributed by atoms with E-state index in [0.717, 1.165) is 26.3 Å². The van der Waals surface area contributed by atoms with Crippen LogP contribution < -0.4 is 5.32 Å². The van der Waals surface area contributed by atoms with Gasteiger partial charge in [-0.3, -0.25) is 0 Å². The van der Waals surface area contributed by atoms with Gasteiger partial charge in [0, 0.05) is 25.3 Å². The topological polar surface area (TPSA) is 34.4 Å². The second-order valence-corrected chi connectivity index (χ2v) is 3.98. The van der Waals surface area contributed by atoms with Gasteiger partial charge in [0.2, 0.25) is 0 Å². The van der Waals surface area contributed by atoms with Gasteiger partial charge in [-0.2, -0.15) is 0 Å². The average Bonchev–Trinajstić information content (AvgIpc) is 2.80. The molecule has 0 unspecified atom stereocenters. The molecule has 0 atom stereocenters. The maximum absolute atomic E-state index is 5.51. The zero-order valence-electron chi connectivity index (χ0n) is 10.2. The van der Waals surface area contributed by atoms with E-state index in [1.165, 1.54) is 31.2 Å². The Hall–Kier alpha value is -0.800. The number of hydrogen-bond donors (Lipinski definition) is 1. The van der Waals surface area contributed by atoms with Gasteiger partial charge in [-0.15, -0.1) is 0 Å². The van der Waals surface area contributed by atoms with Crippen LogP contribution in [-0.4, -0.2) is 19.8 Å². The molecular weight excluding hydrogens is 202 g/mol. The van der Waals surface area contributed by atoms with Gasteiger partial charge in [-0.25, -0.2) is 0 Å². The Morgan fingerprint density at radius 1 is 1.25 bits per heavy atom. The van der Waals surface area contributed by atoms with Gasteiger partial charge in [0.25, 0.3) is 0 Å². The highest BCUT2D eigenvalue weighted by molar-refractivity contribution is 5.04. The molecule has 3 nitrogen and oxygen atoms in total. The van der Waals surface area contributed by atoms with Crippen LogP contribution in [0.25, 0.3) is 0 Å². The van der Waals surface area contributed by atoms with E-state index in [4.69, 9.17) is 9.15 Å². The quantitative estimate of drug-likeness (QED) is 0.622. The Bertz CT molecular complexity index is 234. The van der Waals surface area contributed by atoms with Crippen LogP contribution in [-0.2, 0) is 11.3 Å². The molecule has 1 rings (SSSR count). The van der Waals surface area contributed by atoms with Crippen LogP contribution in [0.5, 0.6) is 0 Å². The van der Waals surface area contributed by atoms with Crippen LogP contribution in [0.2, 0.25) is 0 Å². The van der Waals surface area contributed by atoms with E-state index in [2.05, 4.69) is 12.2 Å². The summed E-state index contributed by atoms with van der Waals surface area (Å²) in [6.07, 6.45) is 8.54. The number of unbranched alkanes of at least 4 members (excludes halogenated alkanes) is 3. The molecule has 0 aliphatic carbocycles. The van der Waals surface area contributed by atoms with E-state index in [1.807, 2.05) is 6.07 Å². The van der Waals surface area contributed by atoms with Crippen molar-refractivity contribution in [2.24, 2.45) is 0 Å². The van der Waals surface area contributed by atoms with Crippen LogP contribution >= 0.6 is 0 Å². The normalized spacial score (nSPS) is 10.8. The second-order valence-electron chi connectivity index (χ2n) is 3.98. The molecule has 0 saturated carbocycles. The van der Waals surface area contributed by atoms with E-state index in [9.17, 15) is 0 Å². The number of rotatable bonds is 10. The van der Waals surface area contributed by atoms with Crippen LogP contribution in [0.15, 0.2) is 23.0 Å². The van der Waals surface area contributed by atoms with Gasteiger partial charge in [-0.05, 0) is 12.5 Å². The van der Waals surface area contributed by atoms with Crippen molar-refractivity contribution in [3.8, 4) is 0 Å². The van der Waals surface area contributed by atoms with E-state index in [1.54, 1.807) is 12.5 Å². The van der Waals surface area contributed by atoms with Crippen molar-refractivity contribution in [3.63, 3.8) is 0 Å². The van der Waals surface area contributed by atoms with E-state index in [0.29, 0.717) is 0 Å². The third kappa shape index (κ3) is 6.64. The maximum Gasteiger partial charge on any atom is 0.0947 e. The van der Waals surface area contributed by atoms with Crippen molar-refractivity contribution in [2.75, 3.05) is 19.8 Å². The molecule has 0 bridgehead atoms. The molecule has 1 heterocycles. The summed E-state index contributed by atoms with van der Waals surface area (Å²) in [6, 6.07) is 1.97. The molecule has 1 N–H and O–H groups in total. The summed E-state index contributed by atoms with van der Waals surface area (Å²) in [5.41, 5.74) is 1.18. The van der Waals surface area contributed by atoms with Crippen molar-refractivity contribution in [3.05, 3.63) is 24.2 Å². The lowest BCUT2D eigenvalue weighted by Gasteiger charge is -2.05. The SMILES string of the molecule is CCCCCCOCCNCc1ccoc1. The zero-order chi connectivity index (χ0) is 11.5. The van der Waals surface area contributed by atoms with Gasteiger partial charge >= 0.3 is 0 Å². The third-order valence-corrected chi connectivity index (χ3v) is 2.47. The predicted octanol–water partition coefficient (Wildman–Crippen LogP) is 2.97. The number of nitrogens with one attached hydrogen (secondary N) is 1. The lowest BCUT2D eigenvalue weighted by atomic mass is 10.2. The Morgan fingerprint density at radius 3 is 2.94 bits per heavy atom. The molecule has 16 heavy (non-hydrogen) atoms. The first kappa shape index (κ1) is 13.3. The minimum Gasteiger partial charge on any atom is -0.472 e. The minimum atomic E-state index is 0.796. The molecule has 0 radical (unpaired) electrons. The fraction of sp³-hybridized carbons (Fsp3) is 0.692. The molecule has 0 aliphatic heterocycles. The molecule has 1 aromatic rings. The van der Waals surface area contributed by atoms with Crippen LogP contribution in [0.4, 0.5) is 0 Å². The lowest BCUT2D eigenvalue weighted by Crippen LogP contribution is -2.19. The van der Waals surface area contributed by atoms with Crippen molar-refractivity contribution >= 4 is 0 Å². The van der Waals surface area contributed by atoms with Crippen LogP contribution in [0.1, 0.15) is 38.2 Å². The molecule has 0 fully saturated rings. The summed E-state index contributed by atoms with van der Waals surface area (Å²) >= 11 is 0. The van der Waals surface area contributed by atoms with Crippen molar-refractivity contribution in [1.82, 2.24) is 5.32 Å². The molecule has 0 aromatic carbocycles. The summed E-state index contributed by atoms with van der Waals surface area (Å²) in [6.45, 7) is 5.67. The monoisotopic (exact) mass is 225 g/mol. The lowest BCUT2D eigenvalue weighted by molar-refractivity contribution is 0.131. The summed E-state index contributed by atoms with van der Waals surface area (Å²) in [7, 11) is 0. The largest absolute Gasteiger partial charge is 0.472 e. The van der Waals surface area contributed by atoms with Gasteiger partial charge in [-0.1, -0.05) is 26.2 Å². The first-order valence-electron chi connectivity index (χ1n) is 6.23. The smallest absolute Gasteiger partial charge is 0.0947 e. The van der Waals surface area contributed by atoms with Crippen molar-refractivity contribution < 1.29 is 9.15 Å². The van der Waals surface area contributed by atoms with Gasteiger partial charge < -0.3 is 14.5 Å². The first-order valence-corrected chi connectivity index (χ1v) is 6.23. The van der Waals surface area contributed by atoms with Gasteiger partial charge in [0.1, 0.15) is 0 Å². The molecule has 0 spiro atoms. The Labute approximate surface area is 98.2 Å². The fourth-order valence-corrected chi connectivity index (χ4v) is 1.50. The predicted molar refractivity (Wildman–Crippen MR) is 65.4 cm³/mol. The second kappa shape index (κ2) is 9.43. The van der Waals surface area contributed by atoms with Gasteiger partial charge in [0.05, 0.1) is 19.1 Å². The molecule has 3 heteroatoms. The maximum atomic E-state index is 5.51. The zero-order valence-corrected chi connectivity index (χ0v) is 10.2. The van der Waals surface area contributed by atoms with Crippen LogP contribution in [0, 0.1) is 0 Å². The highest BCUT2D eigenvalue weighted by Gasteiger charge is 1.93. The Balaban J connectivity index is 1.78. The molecule has 92 valence electrons. The summed E-state index contributed by atoms with van der Waals surface area (Å²) in [5, 5.41) is 3.30. The molecule has 0 amide bonds. The van der Waals surface area contributed by atoms with E-state index in [-0.39, 0.29) is 0 Å². The standard InChI is InChI=1S/C13H23NO2/c1-2-3-4-5-8-15-10-7-14-11-13-6-9-16-12-13/h6,9,12,14H,2-5,7-8,10-11H2,1H3. The Morgan fingerprint density at radius 2 is 2.19 bits per heavy atom. The molecular formula is C13H23NO2. The summed E-state index contributed by atoms with van der Waals surface area (Å²) < 4.78 is 10.5. The minimum absolute atomic E-state index is 0.796. The molecule has 0 aliphatic rings. The molecule has 0 saturated heterocycles. The van der Waals surface area contributed by atoms with Crippen molar-refractivity contribution in [2.45, 2.75) is 39.2 Å². The average molecular weight is 225 g/mol. The third-order valence-electron chi connectivity index (χ3n) is 2.47. The number of furan rings is 1. The van der Waals surface area contributed by atoms with E-state index >= 15 is 0 Å². The van der Waals surface area contributed by atoms with Gasteiger partial charge in [0.15, 0.2) is 0 Å². The van der Waals surface area contributed by atoms with Crippen molar-refractivity contribution in [1.29, 1.82) is 0 Å². The first-order chi connectivity index (χ1) is 7.93. The highest BCUT2D eigenvalue weighted by Crippen LogP contribution is 1.99. The summed E-state index contributed by atoms with van der Waals surface area (Å²) in [4.78, 5) is 0. The fourth-order valence-electron chi connectivity index (χ4n) is 1.50. The number of hydrogen-bond acceptors (Lipinski definition) is 3. The van der Waals surface area contributed by atoms with E-state index < -0.39 is 0 Å². The number of ether oxygens (including phenoxy) is 1. The highest BCUT2D eigenvalue weighted by atomic mass is 16.5. The Kier molecular flexibility index (Phi) is 7.82. The summed E-state index contributed by atoms with van der Waals surface area (Å²) in [5.74, 6) is 0.